The quantitative estimate of drug-likeness (QED) is 0.569. The maximum atomic E-state index is 13.2. The van der Waals surface area contributed by atoms with E-state index in [1.165, 1.54) is 36.4 Å². The van der Waals surface area contributed by atoms with Crippen LogP contribution in [-0.2, 0) is 27.9 Å². The van der Waals surface area contributed by atoms with Crippen molar-refractivity contribution in [1.29, 1.82) is 0 Å². The van der Waals surface area contributed by atoms with Crippen molar-refractivity contribution < 1.29 is 17.6 Å². The summed E-state index contributed by atoms with van der Waals surface area (Å²) >= 11 is 5.85. The molecule has 0 saturated heterocycles. The van der Waals surface area contributed by atoms with Crippen LogP contribution in [0.15, 0.2) is 83.8 Å². The number of nitrogens with zero attached hydrogens (tertiary/aromatic N) is 1. The standard InChI is InChI=1S/C22H20ClFN2O3S/c23-19-10-6-17(7-11-19)14-25-22(27)16-26(15-18-8-12-20(24)13-9-18)30(28,29)21-4-2-1-3-5-21/h1-13H,14-16H2,(H,25,27). The number of halogens is 2. The zero-order valence-electron chi connectivity index (χ0n) is 16.0. The van der Waals surface area contributed by atoms with Crippen LogP contribution in [0, 0.1) is 5.82 Å². The molecule has 0 heterocycles. The van der Waals surface area contributed by atoms with E-state index in [0.717, 1.165) is 9.87 Å². The summed E-state index contributed by atoms with van der Waals surface area (Å²) in [6.07, 6.45) is 0. The SMILES string of the molecule is O=C(CN(Cc1ccc(F)cc1)S(=O)(=O)c1ccccc1)NCc1ccc(Cl)cc1. The first-order valence-electron chi connectivity index (χ1n) is 9.15. The Morgan fingerprint density at radius 2 is 1.50 bits per heavy atom. The van der Waals surface area contributed by atoms with Gasteiger partial charge in [0.25, 0.3) is 0 Å². The summed E-state index contributed by atoms with van der Waals surface area (Å²) in [6, 6.07) is 20.4. The highest BCUT2D eigenvalue weighted by atomic mass is 35.5. The van der Waals surface area contributed by atoms with Gasteiger partial charge in [0.15, 0.2) is 0 Å². The molecule has 0 fully saturated rings. The highest BCUT2D eigenvalue weighted by molar-refractivity contribution is 7.89. The van der Waals surface area contributed by atoms with Crippen LogP contribution in [0.4, 0.5) is 4.39 Å². The number of carbonyl (C=O) groups is 1. The largest absolute Gasteiger partial charge is 0.351 e. The lowest BCUT2D eigenvalue weighted by molar-refractivity contribution is -0.121. The Hall–Kier alpha value is -2.74. The third kappa shape index (κ3) is 5.89. The lowest BCUT2D eigenvalue weighted by Gasteiger charge is -2.22. The van der Waals surface area contributed by atoms with E-state index in [1.807, 2.05) is 0 Å². The fourth-order valence-electron chi connectivity index (χ4n) is 2.78. The Morgan fingerprint density at radius 3 is 2.13 bits per heavy atom. The lowest BCUT2D eigenvalue weighted by Crippen LogP contribution is -2.40. The van der Waals surface area contributed by atoms with Gasteiger partial charge < -0.3 is 5.32 Å². The topological polar surface area (TPSA) is 66.5 Å². The molecule has 0 aliphatic rings. The van der Waals surface area contributed by atoms with E-state index in [-0.39, 0.29) is 24.5 Å². The van der Waals surface area contributed by atoms with Crippen molar-refractivity contribution in [2.75, 3.05) is 6.54 Å². The molecular formula is C22H20ClFN2O3S. The molecule has 3 aromatic carbocycles. The second kappa shape index (κ2) is 9.84. The summed E-state index contributed by atoms with van der Waals surface area (Å²) in [6.45, 7) is -0.195. The Balaban J connectivity index is 1.77. The van der Waals surface area contributed by atoms with Gasteiger partial charge in [-0.25, -0.2) is 12.8 Å². The second-order valence-electron chi connectivity index (χ2n) is 6.62. The van der Waals surface area contributed by atoms with Gasteiger partial charge in [0.1, 0.15) is 5.82 Å². The van der Waals surface area contributed by atoms with Gasteiger partial charge >= 0.3 is 0 Å². The summed E-state index contributed by atoms with van der Waals surface area (Å²) in [4.78, 5) is 12.6. The molecule has 3 aromatic rings. The van der Waals surface area contributed by atoms with Gasteiger partial charge in [0.2, 0.25) is 15.9 Å². The van der Waals surface area contributed by atoms with Crippen LogP contribution in [0.2, 0.25) is 5.02 Å². The van der Waals surface area contributed by atoms with Crippen molar-refractivity contribution in [3.63, 3.8) is 0 Å². The minimum atomic E-state index is -3.93. The number of rotatable bonds is 8. The third-order valence-electron chi connectivity index (χ3n) is 4.38. The molecule has 0 radical (unpaired) electrons. The summed E-state index contributed by atoms with van der Waals surface area (Å²) in [5.74, 6) is -0.872. The van der Waals surface area contributed by atoms with Crippen molar-refractivity contribution in [2.45, 2.75) is 18.0 Å². The molecule has 30 heavy (non-hydrogen) atoms. The zero-order chi connectivity index (χ0) is 21.6. The number of benzene rings is 3. The van der Waals surface area contributed by atoms with Gasteiger partial charge in [-0.2, -0.15) is 4.31 Å². The van der Waals surface area contributed by atoms with E-state index in [2.05, 4.69) is 5.32 Å². The molecule has 0 spiro atoms. The fraction of sp³-hybridized carbons (Fsp3) is 0.136. The van der Waals surface area contributed by atoms with E-state index >= 15 is 0 Å². The molecule has 1 amide bonds. The Bertz CT molecular complexity index is 1090. The van der Waals surface area contributed by atoms with E-state index in [9.17, 15) is 17.6 Å². The maximum Gasteiger partial charge on any atom is 0.243 e. The zero-order valence-corrected chi connectivity index (χ0v) is 17.5. The van der Waals surface area contributed by atoms with Crippen molar-refractivity contribution in [2.24, 2.45) is 0 Å². The number of sulfonamides is 1. The fourth-order valence-corrected chi connectivity index (χ4v) is 4.31. The van der Waals surface area contributed by atoms with Gasteiger partial charge in [-0.15, -0.1) is 0 Å². The van der Waals surface area contributed by atoms with Crippen LogP contribution in [-0.4, -0.2) is 25.2 Å². The minimum absolute atomic E-state index is 0.0636. The summed E-state index contributed by atoms with van der Waals surface area (Å²) < 4.78 is 40.5. The second-order valence-corrected chi connectivity index (χ2v) is 8.99. The molecular weight excluding hydrogens is 427 g/mol. The number of carbonyl (C=O) groups excluding carboxylic acids is 1. The molecule has 8 heteroatoms. The third-order valence-corrected chi connectivity index (χ3v) is 6.43. The van der Waals surface area contributed by atoms with Gasteiger partial charge in [-0.05, 0) is 47.5 Å². The molecule has 0 aromatic heterocycles. The minimum Gasteiger partial charge on any atom is -0.351 e. The molecule has 0 bridgehead atoms. The van der Waals surface area contributed by atoms with Crippen LogP contribution in [0.5, 0.6) is 0 Å². The number of hydrogen-bond acceptors (Lipinski definition) is 3. The van der Waals surface area contributed by atoms with Crippen molar-refractivity contribution in [1.82, 2.24) is 9.62 Å². The summed E-state index contributed by atoms with van der Waals surface area (Å²) in [7, 11) is -3.93. The Morgan fingerprint density at radius 1 is 0.900 bits per heavy atom. The number of amides is 1. The number of nitrogens with one attached hydrogen (secondary N) is 1. The average Bonchev–Trinajstić information content (AvgIpc) is 2.75. The predicted molar refractivity (Wildman–Crippen MR) is 114 cm³/mol. The highest BCUT2D eigenvalue weighted by Crippen LogP contribution is 2.18. The molecule has 5 nitrogen and oxygen atoms in total. The molecule has 1 N–H and O–H groups in total. The predicted octanol–water partition coefficient (Wildman–Crippen LogP) is 3.99. The summed E-state index contributed by atoms with van der Waals surface area (Å²) in [5, 5.41) is 3.31. The van der Waals surface area contributed by atoms with Crippen molar-refractivity contribution in [3.05, 3.63) is 101 Å². The van der Waals surface area contributed by atoms with Crippen LogP contribution in [0.25, 0.3) is 0 Å². The van der Waals surface area contributed by atoms with Gasteiger partial charge in [0.05, 0.1) is 11.4 Å². The molecule has 0 saturated carbocycles. The molecule has 0 unspecified atom stereocenters. The Kier molecular flexibility index (Phi) is 7.20. The smallest absolute Gasteiger partial charge is 0.243 e. The van der Waals surface area contributed by atoms with Crippen molar-refractivity contribution >= 4 is 27.5 Å². The molecule has 156 valence electrons. The van der Waals surface area contributed by atoms with Gasteiger partial charge in [-0.1, -0.05) is 54.1 Å². The van der Waals surface area contributed by atoms with E-state index < -0.39 is 21.7 Å². The monoisotopic (exact) mass is 446 g/mol. The van der Waals surface area contributed by atoms with E-state index in [0.29, 0.717) is 10.6 Å². The van der Waals surface area contributed by atoms with Crippen LogP contribution in [0.1, 0.15) is 11.1 Å². The van der Waals surface area contributed by atoms with E-state index in [1.54, 1.807) is 42.5 Å². The molecule has 0 atom stereocenters. The highest BCUT2D eigenvalue weighted by Gasteiger charge is 2.26. The van der Waals surface area contributed by atoms with Crippen LogP contribution in [0.3, 0.4) is 0 Å². The normalized spacial score (nSPS) is 11.4. The lowest BCUT2D eigenvalue weighted by atomic mass is 10.2. The van der Waals surface area contributed by atoms with Crippen molar-refractivity contribution in [3.8, 4) is 0 Å². The van der Waals surface area contributed by atoms with Crippen LogP contribution >= 0.6 is 11.6 Å². The first-order valence-corrected chi connectivity index (χ1v) is 11.0. The average molecular weight is 447 g/mol. The maximum absolute atomic E-state index is 13.2. The van der Waals surface area contributed by atoms with Crippen LogP contribution < -0.4 is 5.32 Å². The number of hydrogen-bond donors (Lipinski definition) is 1. The molecule has 0 aliphatic heterocycles. The Labute approximate surface area is 180 Å². The molecule has 3 rings (SSSR count). The van der Waals surface area contributed by atoms with Gasteiger partial charge in [0, 0.05) is 18.1 Å². The first kappa shape index (κ1) is 22.0. The van der Waals surface area contributed by atoms with Gasteiger partial charge in [-0.3, -0.25) is 4.79 Å². The van der Waals surface area contributed by atoms with E-state index in [4.69, 9.17) is 11.6 Å². The molecule has 0 aliphatic carbocycles. The first-order chi connectivity index (χ1) is 14.3. The summed E-state index contributed by atoms with van der Waals surface area (Å²) in [5.41, 5.74) is 1.41.